The Kier molecular flexibility index (Phi) is 1.94. The van der Waals surface area contributed by atoms with Crippen LogP contribution >= 0.6 is 0 Å². The molecule has 3 nitrogen and oxygen atoms in total. The summed E-state index contributed by atoms with van der Waals surface area (Å²) in [5, 5.41) is 2.64. The molecule has 0 aliphatic carbocycles. The van der Waals surface area contributed by atoms with Gasteiger partial charge >= 0.3 is 0 Å². The Bertz CT molecular complexity index is 174. The van der Waals surface area contributed by atoms with E-state index in [9.17, 15) is 4.79 Å². The molecule has 0 fully saturated rings. The Morgan fingerprint density at radius 1 is 1.90 bits per heavy atom. The third-order valence-corrected chi connectivity index (χ3v) is 1.26. The summed E-state index contributed by atoms with van der Waals surface area (Å²) in [5.41, 5.74) is 0. The molecular formula is C7H11NO2. The molecule has 0 saturated carbocycles. The molecule has 0 radical (unpaired) electrons. The van der Waals surface area contributed by atoms with E-state index in [0.717, 1.165) is 0 Å². The summed E-state index contributed by atoms with van der Waals surface area (Å²) < 4.78 is 5.00. The van der Waals surface area contributed by atoms with Crippen LogP contribution in [0.4, 0.5) is 0 Å². The number of hydrogen-bond acceptors (Lipinski definition) is 2. The molecule has 0 aromatic carbocycles. The number of carbonyl (C=O) groups excluding carboxylic acids is 1. The maximum atomic E-state index is 10.9. The summed E-state index contributed by atoms with van der Waals surface area (Å²) in [6.07, 6.45) is 1.91. The van der Waals surface area contributed by atoms with Gasteiger partial charge < -0.3 is 10.1 Å². The molecule has 1 heterocycles. The van der Waals surface area contributed by atoms with Gasteiger partial charge in [-0.05, 0) is 13.8 Å². The van der Waals surface area contributed by atoms with Gasteiger partial charge in [-0.2, -0.15) is 0 Å². The first kappa shape index (κ1) is 7.12. The average molecular weight is 141 g/mol. The topological polar surface area (TPSA) is 38.3 Å². The maximum absolute atomic E-state index is 10.9. The van der Waals surface area contributed by atoms with Crippen molar-refractivity contribution >= 4 is 5.91 Å². The number of ether oxygens (including phenoxy) is 1. The van der Waals surface area contributed by atoms with E-state index in [0.29, 0.717) is 12.3 Å². The highest BCUT2D eigenvalue weighted by Gasteiger charge is 2.21. The van der Waals surface area contributed by atoms with Gasteiger partial charge in [0, 0.05) is 12.6 Å². The molecule has 1 rings (SSSR count). The zero-order valence-electron chi connectivity index (χ0n) is 6.18. The molecule has 1 aliphatic rings. The Hall–Kier alpha value is -0.990. The van der Waals surface area contributed by atoms with Gasteiger partial charge in [-0.25, -0.2) is 0 Å². The van der Waals surface area contributed by atoms with Crippen LogP contribution in [0.3, 0.4) is 0 Å². The Balaban J connectivity index is 2.37. The highest BCUT2D eigenvalue weighted by atomic mass is 16.5. The number of rotatable bonds is 2. The molecule has 0 saturated heterocycles. The van der Waals surface area contributed by atoms with Crippen LogP contribution in [-0.4, -0.2) is 18.6 Å². The van der Waals surface area contributed by atoms with Gasteiger partial charge in [-0.15, -0.1) is 0 Å². The SMILES string of the molecule is CCNC(=O)C1=CC(C)O1. The molecular weight excluding hydrogens is 130 g/mol. The second-order valence-electron chi connectivity index (χ2n) is 2.21. The van der Waals surface area contributed by atoms with Gasteiger partial charge in [0.05, 0.1) is 0 Å². The average Bonchev–Trinajstić information content (AvgIpc) is 1.82. The smallest absolute Gasteiger partial charge is 0.286 e. The molecule has 0 aromatic heterocycles. The van der Waals surface area contributed by atoms with Gasteiger partial charge in [0.1, 0.15) is 6.10 Å². The number of hydrogen-bond donors (Lipinski definition) is 1. The van der Waals surface area contributed by atoms with E-state index in [4.69, 9.17) is 4.74 Å². The van der Waals surface area contributed by atoms with E-state index < -0.39 is 0 Å². The van der Waals surface area contributed by atoms with Crippen LogP contribution in [-0.2, 0) is 9.53 Å². The monoisotopic (exact) mass is 141 g/mol. The second kappa shape index (κ2) is 2.73. The van der Waals surface area contributed by atoms with Crippen molar-refractivity contribution in [1.29, 1.82) is 0 Å². The molecule has 1 N–H and O–H groups in total. The van der Waals surface area contributed by atoms with E-state index in [1.54, 1.807) is 6.08 Å². The standard InChI is InChI=1S/C7H11NO2/c1-3-8-7(9)6-4-5(2)10-6/h4-5H,3H2,1-2H3,(H,8,9). The molecule has 0 spiro atoms. The molecule has 1 atom stereocenters. The van der Waals surface area contributed by atoms with Gasteiger partial charge in [0.2, 0.25) is 0 Å². The van der Waals surface area contributed by atoms with Crippen LogP contribution in [0.1, 0.15) is 13.8 Å². The summed E-state index contributed by atoms with van der Waals surface area (Å²) in [6, 6.07) is 0. The molecule has 10 heavy (non-hydrogen) atoms. The lowest BCUT2D eigenvalue weighted by Gasteiger charge is -2.22. The summed E-state index contributed by atoms with van der Waals surface area (Å²) in [5.74, 6) is 0.343. The lowest BCUT2D eigenvalue weighted by Crippen LogP contribution is -2.32. The molecule has 1 aliphatic heterocycles. The van der Waals surface area contributed by atoms with Crippen molar-refractivity contribution in [3.8, 4) is 0 Å². The van der Waals surface area contributed by atoms with Gasteiger partial charge in [-0.3, -0.25) is 4.79 Å². The first-order valence-electron chi connectivity index (χ1n) is 3.40. The number of amides is 1. The highest BCUT2D eigenvalue weighted by molar-refractivity contribution is 5.92. The van der Waals surface area contributed by atoms with Crippen LogP contribution in [0.2, 0.25) is 0 Å². The summed E-state index contributed by atoms with van der Waals surface area (Å²) in [4.78, 5) is 10.9. The molecule has 1 amide bonds. The minimum absolute atomic E-state index is 0.109. The van der Waals surface area contributed by atoms with Crippen LogP contribution in [0.5, 0.6) is 0 Å². The van der Waals surface area contributed by atoms with Crippen LogP contribution in [0.25, 0.3) is 0 Å². The van der Waals surface area contributed by atoms with Crippen molar-refractivity contribution in [1.82, 2.24) is 5.32 Å². The van der Waals surface area contributed by atoms with E-state index in [2.05, 4.69) is 5.32 Å². The fraction of sp³-hybridized carbons (Fsp3) is 0.571. The molecule has 3 heteroatoms. The van der Waals surface area contributed by atoms with Crippen molar-refractivity contribution in [2.24, 2.45) is 0 Å². The lowest BCUT2D eigenvalue weighted by molar-refractivity contribution is -0.122. The fourth-order valence-corrected chi connectivity index (χ4v) is 0.791. The third kappa shape index (κ3) is 1.29. The Morgan fingerprint density at radius 2 is 2.50 bits per heavy atom. The summed E-state index contributed by atoms with van der Waals surface area (Å²) >= 11 is 0. The van der Waals surface area contributed by atoms with Crippen LogP contribution < -0.4 is 5.32 Å². The zero-order chi connectivity index (χ0) is 7.56. The molecule has 0 aromatic rings. The lowest BCUT2D eigenvalue weighted by atomic mass is 10.2. The Labute approximate surface area is 60.1 Å². The summed E-state index contributed by atoms with van der Waals surface area (Å²) in [6.45, 7) is 4.41. The molecule has 56 valence electrons. The largest absolute Gasteiger partial charge is 0.481 e. The summed E-state index contributed by atoms with van der Waals surface area (Å²) in [7, 11) is 0. The van der Waals surface area contributed by atoms with E-state index >= 15 is 0 Å². The van der Waals surface area contributed by atoms with Crippen LogP contribution in [0.15, 0.2) is 11.8 Å². The normalized spacial score (nSPS) is 22.2. The van der Waals surface area contributed by atoms with Crippen LogP contribution in [0, 0.1) is 0 Å². The number of likely N-dealkylation sites (N-methyl/N-ethyl adjacent to an activating group) is 1. The predicted molar refractivity (Wildman–Crippen MR) is 37.3 cm³/mol. The predicted octanol–water partition coefficient (Wildman–Crippen LogP) is 0.425. The highest BCUT2D eigenvalue weighted by Crippen LogP contribution is 2.15. The molecule has 0 bridgehead atoms. The third-order valence-electron chi connectivity index (χ3n) is 1.26. The van der Waals surface area contributed by atoms with Crippen molar-refractivity contribution < 1.29 is 9.53 Å². The van der Waals surface area contributed by atoms with E-state index in [1.165, 1.54) is 0 Å². The first-order valence-corrected chi connectivity index (χ1v) is 3.40. The Morgan fingerprint density at radius 3 is 2.90 bits per heavy atom. The van der Waals surface area contributed by atoms with Crippen molar-refractivity contribution in [2.45, 2.75) is 20.0 Å². The first-order chi connectivity index (χ1) is 4.74. The minimum atomic E-state index is -0.111. The minimum Gasteiger partial charge on any atom is -0.481 e. The van der Waals surface area contributed by atoms with E-state index in [-0.39, 0.29) is 12.0 Å². The van der Waals surface area contributed by atoms with Crippen molar-refractivity contribution in [3.05, 3.63) is 11.8 Å². The number of nitrogens with one attached hydrogen (secondary N) is 1. The van der Waals surface area contributed by atoms with Gasteiger partial charge in [0.25, 0.3) is 5.91 Å². The van der Waals surface area contributed by atoms with Gasteiger partial charge in [-0.1, -0.05) is 0 Å². The van der Waals surface area contributed by atoms with Gasteiger partial charge in [0.15, 0.2) is 5.76 Å². The zero-order valence-corrected chi connectivity index (χ0v) is 6.18. The van der Waals surface area contributed by atoms with Crippen molar-refractivity contribution in [3.63, 3.8) is 0 Å². The fourth-order valence-electron chi connectivity index (χ4n) is 0.791. The van der Waals surface area contributed by atoms with Crippen molar-refractivity contribution in [2.75, 3.05) is 6.54 Å². The second-order valence-corrected chi connectivity index (χ2v) is 2.21. The molecule has 1 unspecified atom stereocenters. The maximum Gasteiger partial charge on any atom is 0.286 e. The quantitative estimate of drug-likeness (QED) is 0.605. The van der Waals surface area contributed by atoms with E-state index in [1.807, 2.05) is 13.8 Å². The number of carbonyl (C=O) groups is 1.